The van der Waals surface area contributed by atoms with Crippen LogP contribution in [0.3, 0.4) is 0 Å². The molecule has 5 heteroatoms. The van der Waals surface area contributed by atoms with Crippen LogP contribution in [0.1, 0.15) is 13.3 Å². The number of anilines is 1. The molecule has 0 saturated heterocycles. The van der Waals surface area contributed by atoms with Gasteiger partial charge in [-0.05, 0) is 6.42 Å². The molecular formula is C12H16BrNO3. The van der Waals surface area contributed by atoms with Gasteiger partial charge in [0.25, 0.3) is 0 Å². The summed E-state index contributed by atoms with van der Waals surface area (Å²) in [7, 11) is 3.14. The van der Waals surface area contributed by atoms with E-state index in [1.54, 1.807) is 32.4 Å². The minimum atomic E-state index is -0.195. The van der Waals surface area contributed by atoms with Crippen molar-refractivity contribution in [3.05, 3.63) is 18.2 Å². The topological polar surface area (TPSA) is 47.6 Å². The van der Waals surface area contributed by atoms with Crippen molar-refractivity contribution in [3.8, 4) is 11.5 Å². The highest BCUT2D eigenvalue weighted by Gasteiger charge is 2.13. The van der Waals surface area contributed by atoms with E-state index in [-0.39, 0.29) is 10.7 Å². The van der Waals surface area contributed by atoms with Crippen LogP contribution in [0.2, 0.25) is 0 Å². The number of methoxy groups -OCH3 is 2. The third-order valence-electron chi connectivity index (χ3n) is 2.26. The third kappa shape index (κ3) is 3.93. The molecule has 17 heavy (non-hydrogen) atoms. The molecule has 0 spiro atoms. The fraction of sp³-hybridized carbons (Fsp3) is 0.417. The molecule has 0 radical (unpaired) electrons. The molecule has 1 N–H and O–H groups in total. The fourth-order valence-corrected chi connectivity index (χ4v) is 1.40. The Morgan fingerprint density at radius 1 is 1.29 bits per heavy atom. The molecule has 0 aliphatic carbocycles. The van der Waals surface area contributed by atoms with Crippen LogP contribution in [0.15, 0.2) is 18.2 Å². The van der Waals surface area contributed by atoms with Crippen molar-refractivity contribution in [1.82, 2.24) is 0 Å². The molecule has 0 heterocycles. The maximum Gasteiger partial charge on any atom is 0.238 e. The first-order valence-corrected chi connectivity index (χ1v) is 6.20. The first-order valence-electron chi connectivity index (χ1n) is 5.28. The summed E-state index contributed by atoms with van der Waals surface area (Å²) in [4.78, 5) is 11.5. The lowest BCUT2D eigenvalue weighted by Crippen LogP contribution is -2.21. The maximum atomic E-state index is 11.7. The van der Waals surface area contributed by atoms with Gasteiger partial charge in [-0.1, -0.05) is 22.9 Å². The van der Waals surface area contributed by atoms with Crippen molar-refractivity contribution in [2.45, 2.75) is 18.2 Å². The summed E-state index contributed by atoms with van der Waals surface area (Å²) in [6.07, 6.45) is 0.729. The maximum absolute atomic E-state index is 11.7. The van der Waals surface area contributed by atoms with Crippen molar-refractivity contribution in [2.24, 2.45) is 0 Å². The minimum absolute atomic E-state index is 0.0807. The smallest absolute Gasteiger partial charge is 0.238 e. The summed E-state index contributed by atoms with van der Waals surface area (Å²) in [5.74, 6) is 1.20. The van der Waals surface area contributed by atoms with Gasteiger partial charge in [0.2, 0.25) is 5.91 Å². The standard InChI is InChI=1S/C12H16BrNO3/c1-4-11(13)12(15)14-8-5-9(16-2)7-10(6-8)17-3/h5-7,11H,4H2,1-3H3,(H,14,15)/t11-/m0/s1. The molecule has 1 aromatic rings. The molecule has 0 unspecified atom stereocenters. The summed E-state index contributed by atoms with van der Waals surface area (Å²) in [6, 6.07) is 5.24. The molecule has 0 saturated carbocycles. The van der Waals surface area contributed by atoms with Crippen molar-refractivity contribution < 1.29 is 14.3 Å². The van der Waals surface area contributed by atoms with Crippen LogP contribution >= 0.6 is 15.9 Å². The zero-order chi connectivity index (χ0) is 12.8. The molecule has 0 aliphatic rings. The number of rotatable bonds is 5. The lowest BCUT2D eigenvalue weighted by atomic mass is 10.2. The Balaban J connectivity index is 2.86. The van der Waals surface area contributed by atoms with Crippen LogP contribution in [-0.2, 0) is 4.79 Å². The van der Waals surface area contributed by atoms with Gasteiger partial charge in [0.1, 0.15) is 11.5 Å². The van der Waals surface area contributed by atoms with E-state index < -0.39 is 0 Å². The second-order valence-corrected chi connectivity index (χ2v) is 4.57. The number of alkyl halides is 1. The van der Waals surface area contributed by atoms with Gasteiger partial charge in [0, 0.05) is 23.9 Å². The number of hydrogen-bond acceptors (Lipinski definition) is 3. The molecule has 0 bridgehead atoms. The van der Waals surface area contributed by atoms with E-state index in [9.17, 15) is 4.79 Å². The summed E-state index contributed by atoms with van der Waals surface area (Å²) in [5.41, 5.74) is 0.657. The highest BCUT2D eigenvalue weighted by Crippen LogP contribution is 2.26. The highest BCUT2D eigenvalue weighted by atomic mass is 79.9. The number of hydrogen-bond donors (Lipinski definition) is 1. The van der Waals surface area contributed by atoms with Crippen molar-refractivity contribution in [3.63, 3.8) is 0 Å². The largest absolute Gasteiger partial charge is 0.497 e. The Bertz CT molecular complexity index is 373. The van der Waals surface area contributed by atoms with Gasteiger partial charge in [-0.15, -0.1) is 0 Å². The quantitative estimate of drug-likeness (QED) is 0.851. The lowest BCUT2D eigenvalue weighted by Gasteiger charge is -2.11. The molecular weight excluding hydrogens is 286 g/mol. The number of nitrogens with one attached hydrogen (secondary N) is 1. The number of carbonyl (C=O) groups is 1. The Morgan fingerprint density at radius 2 is 1.82 bits per heavy atom. The Morgan fingerprint density at radius 3 is 2.24 bits per heavy atom. The molecule has 1 atom stereocenters. The van der Waals surface area contributed by atoms with Crippen LogP contribution in [0.5, 0.6) is 11.5 Å². The second kappa shape index (κ2) is 6.49. The zero-order valence-electron chi connectivity index (χ0n) is 10.1. The molecule has 94 valence electrons. The predicted octanol–water partition coefficient (Wildman–Crippen LogP) is 2.82. The summed E-state index contributed by atoms with van der Waals surface area (Å²) >= 11 is 3.30. The number of carbonyl (C=O) groups excluding carboxylic acids is 1. The number of amides is 1. The zero-order valence-corrected chi connectivity index (χ0v) is 11.7. The van der Waals surface area contributed by atoms with Crippen molar-refractivity contribution in [2.75, 3.05) is 19.5 Å². The van der Waals surface area contributed by atoms with Gasteiger partial charge in [-0.25, -0.2) is 0 Å². The van der Waals surface area contributed by atoms with Crippen LogP contribution in [0.4, 0.5) is 5.69 Å². The molecule has 1 rings (SSSR count). The normalized spacial score (nSPS) is 11.8. The first kappa shape index (κ1) is 13.8. The molecule has 0 aliphatic heterocycles. The van der Waals surface area contributed by atoms with Crippen LogP contribution < -0.4 is 14.8 Å². The van der Waals surface area contributed by atoms with Crippen molar-refractivity contribution in [1.29, 1.82) is 0 Å². The van der Waals surface area contributed by atoms with E-state index in [2.05, 4.69) is 21.2 Å². The van der Waals surface area contributed by atoms with E-state index in [1.807, 2.05) is 6.92 Å². The molecule has 4 nitrogen and oxygen atoms in total. The summed E-state index contributed by atoms with van der Waals surface area (Å²) in [6.45, 7) is 1.94. The van der Waals surface area contributed by atoms with Gasteiger partial charge in [0.05, 0.1) is 19.0 Å². The molecule has 1 aromatic carbocycles. The number of benzene rings is 1. The average Bonchev–Trinajstić information content (AvgIpc) is 2.36. The Hall–Kier alpha value is -1.23. The van der Waals surface area contributed by atoms with Gasteiger partial charge >= 0.3 is 0 Å². The predicted molar refractivity (Wildman–Crippen MR) is 71.2 cm³/mol. The van der Waals surface area contributed by atoms with E-state index in [0.717, 1.165) is 6.42 Å². The molecule has 0 fully saturated rings. The van der Waals surface area contributed by atoms with Crippen molar-refractivity contribution >= 4 is 27.5 Å². The fourth-order valence-electron chi connectivity index (χ4n) is 1.29. The second-order valence-electron chi connectivity index (χ2n) is 3.47. The summed E-state index contributed by atoms with van der Waals surface area (Å²) in [5, 5.41) is 2.80. The number of ether oxygens (including phenoxy) is 2. The SMILES string of the molecule is CC[C@H](Br)C(=O)Nc1cc(OC)cc(OC)c1. The highest BCUT2D eigenvalue weighted by molar-refractivity contribution is 9.10. The minimum Gasteiger partial charge on any atom is -0.497 e. The van der Waals surface area contributed by atoms with E-state index in [0.29, 0.717) is 17.2 Å². The molecule has 0 aromatic heterocycles. The van der Waals surface area contributed by atoms with Crippen LogP contribution in [0, 0.1) is 0 Å². The van der Waals surface area contributed by atoms with E-state index in [4.69, 9.17) is 9.47 Å². The summed E-state index contributed by atoms with van der Waals surface area (Å²) < 4.78 is 10.2. The Labute approximate surface area is 109 Å². The number of halogens is 1. The third-order valence-corrected chi connectivity index (χ3v) is 3.33. The van der Waals surface area contributed by atoms with Gasteiger partial charge in [0.15, 0.2) is 0 Å². The van der Waals surface area contributed by atoms with Crippen LogP contribution in [-0.4, -0.2) is 25.0 Å². The van der Waals surface area contributed by atoms with Crippen LogP contribution in [0.25, 0.3) is 0 Å². The monoisotopic (exact) mass is 301 g/mol. The first-order chi connectivity index (χ1) is 8.10. The van der Waals surface area contributed by atoms with E-state index >= 15 is 0 Å². The Kier molecular flexibility index (Phi) is 5.28. The molecule has 1 amide bonds. The lowest BCUT2D eigenvalue weighted by molar-refractivity contribution is -0.115. The van der Waals surface area contributed by atoms with E-state index in [1.165, 1.54) is 0 Å². The van der Waals surface area contributed by atoms with Gasteiger partial charge < -0.3 is 14.8 Å². The average molecular weight is 302 g/mol. The van der Waals surface area contributed by atoms with Gasteiger partial charge in [-0.2, -0.15) is 0 Å². The van der Waals surface area contributed by atoms with Gasteiger partial charge in [-0.3, -0.25) is 4.79 Å².